The van der Waals surface area contributed by atoms with Gasteiger partial charge in [-0.3, -0.25) is 14.2 Å². The van der Waals surface area contributed by atoms with Gasteiger partial charge in [-0.25, -0.2) is 4.98 Å². The maximum absolute atomic E-state index is 12.9. The van der Waals surface area contributed by atoms with Gasteiger partial charge in [0, 0.05) is 24.7 Å². The Hall–Kier alpha value is -3.35. The number of aromatic nitrogens is 2. The van der Waals surface area contributed by atoms with Crippen molar-refractivity contribution in [3.8, 4) is 11.5 Å². The molecule has 0 atom stereocenters. The Morgan fingerprint density at radius 2 is 2.03 bits per heavy atom. The van der Waals surface area contributed by atoms with Crippen LogP contribution in [-0.2, 0) is 17.8 Å². The van der Waals surface area contributed by atoms with Gasteiger partial charge in [0.15, 0.2) is 6.61 Å². The highest BCUT2D eigenvalue weighted by molar-refractivity contribution is 5.92. The topological polar surface area (TPSA) is 82.4 Å². The van der Waals surface area contributed by atoms with Gasteiger partial charge < -0.3 is 14.8 Å². The molecule has 150 valence electrons. The van der Waals surface area contributed by atoms with Crippen LogP contribution in [0.1, 0.15) is 25.1 Å². The highest BCUT2D eigenvalue weighted by Crippen LogP contribution is 2.20. The van der Waals surface area contributed by atoms with Crippen molar-refractivity contribution in [3.05, 3.63) is 58.6 Å². The van der Waals surface area contributed by atoms with Crippen molar-refractivity contribution in [1.82, 2.24) is 9.55 Å². The molecule has 1 aromatic heterocycles. The quantitative estimate of drug-likeness (QED) is 0.720. The molecule has 0 saturated heterocycles. The van der Waals surface area contributed by atoms with Gasteiger partial charge in [0.1, 0.15) is 17.3 Å². The zero-order chi connectivity index (χ0) is 20.2. The molecule has 2 heterocycles. The summed E-state index contributed by atoms with van der Waals surface area (Å²) in [7, 11) is 1.57. The van der Waals surface area contributed by atoms with E-state index in [1.807, 2.05) is 0 Å². The van der Waals surface area contributed by atoms with E-state index in [0.29, 0.717) is 34.6 Å². The summed E-state index contributed by atoms with van der Waals surface area (Å²) in [6.07, 6.45) is 3.98. The van der Waals surface area contributed by atoms with Gasteiger partial charge in [0.05, 0.1) is 18.0 Å². The Morgan fingerprint density at radius 3 is 2.90 bits per heavy atom. The fourth-order valence-corrected chi connectivity index (χ4v) is 3.53. The second-order valence-corrected chi connectivity index (χ2v) is 7.04. The van der Waals surface area contributed by atoms with E-state index in [1.54, 1.807) is 54.1 Å². The van der Waals surface area contributed by atoms with Crippen LogP contribution in [0.25, 0.3) is 10.9 Å². The smallest absolute Gasteiger partial charge is 0.262 e. The molecule has 0 aliphatic carbocycles. The molecule has 29 heavy (non-hydrogen) atoms. The number of hydrogen-bond donors (Lipinski definition) is 1. The van der Waals surface area contributed by atoms with Crippen LogP contribution in [0, 0.1) is 0 Å². The molecule has 3 aromatic rings. The van der Waals surface area contributed by atoms with E-state index in [9.17, 15) is 9.59 Å². The normalized spacial score (nSPS) is 13.4. The van der Waals surface area contributed by atoms with Gasteiger partial charge in [-0.2, -0.15) is 0 Å². The molecular formula is C22H23N3O4. The van der Waals surface area contributed by atoms with Gasteiger partial charge in [0.25, 0.3) is 11.5 Å². The summed E-state index contributed by atoms with van der Waals surface area (Å²) in [6.45, 7) is 0.535. The number of carbonyl (C=O) groups excluding carboxylic acids is 1. The molecule has 1 amide bonds. The summed E-state index contributed by atoms with van der Waals surface area (Å²) < 4.78 is 12.5. The number of aryl methyl sites for hydroxylation is 1. The summed E-state index contributed by atoms with van der Waals surface area (Å²) in [5, 5.41) is 3.28. The molecule has 0 radical (unpaired) electrons. The third-order valence-corrected chi connectivity index (χ3v) is 5.01. The average molecular weight is 393 g/mol. The highest BCUT2D eigenvalue weighted by atomic mass is 16.5. The highest BCUT2D eigenvalue weighted by Gasteiger charge is 2.14. The summed E-state index contributed by atoms with van der Waals surface area (Å²) in [5.41, 5.74) is 1.25. The first kappa shape index (κ1) is 19.0. The molecule has 0 fully saturated rings. The molecule has 0 saturated carbocycles. The Labute approximate surface area is 168 Å². The zero-order valence-corrected chi connectivity index (χ0v) is 16.3. The fraction of sp³-hybridized carbons (Fsp3) is 0.318. The van der Waals surface area contributed by atoms with Crippen molar-refractivity contribution < 1.29 is 14.3 Å². The molecule has 2 aromatic carbocycles. The van der Waals surface area contributed by atoms with Gasteiger partial charge in [-0.05, 0) is 43.2 Å². The predicted molar refractivity (Wildman–Crippen MR) is 111 cm³/mol. The zero-order valence-electron chi connectivity index (χ0n) is 16.3. The van der Waals surface area contributed by atoms with Crippen molar-refractivity contribution in [2.45, 2.75) is 32.2 Å². The number of hydrogen-bond acceptors (Lipinski definition) is 5. The number of carbonyl (C=O) groups is 1. The Morgan fingerprint density at radius 1 is 1.14 bits per heavy atom. The van der Waals surface area contributed by atoms with E-state index in [4.69, 9.17) is 9.47 Å². The largest absolute Gasteiger partial charge is 0.497 e. The average Bonchev–Trinajstić information content (AvgIpc) is 2.98. The SMILES string of the molecule is COc1cccc(NC(=O)COc2ccc3nc4n(c(=O)c3c2)CCCCC4)c1. The Kier molecular flexibility index (Phi) is 5.46. The number of nitrogens with one attached hydrogen (secondary N) is 1. The van der Waals surface area contributed by atoms with Crippen LogP contribution in [0.2, 0.25) is 0 Å². The number of rotatable bonds is 5. The second kappa shape index (κ2) is 8.34. The van der Waals surface area contributed by atoms with E-state index in [1.165, 1.54) is 0 Å². The van der Waals surface area contributed by atoms with E-state index < -0.39 is 0 Å². The molecule has 1 aliphatic rings. The van der Waals surface area contributed by atoms with E-state index >= 15 is 0 Å². The monoisotopic (exact) mass is 393 g/mol. The van der Waals surface area contributed by atoms with Crippen molar-refractivity contribution in [1.29, 1.82) is 0 Å². The van der Waals surface area contributed by atoms with Crippen LogP contribution in [0.4, 0.5) is 5.69 Å². The number of methoxy groups -OCH3 is 1. The van der Waals surface area contributed by atoms with Gasteiger partial charge >= 0.3 is 0 Å². The van der Waals surface area contributed by atoms with E-state index in [0.717, 1.165) is 31.5 Å². The standard InChI is InChI=1S/C22H23N3O4/c1-28-16-7-5-6-15(12-16)23-21(26)14-29-17-9-10-19-18(13-17)22(27)25-11-4-2-3-8-20(25)24-19/h5-7,9-10,12-13H,2-4,8,11,14H2,1H3,(H,23,26). The maximum atomic E-state index is 12.9. The van der Waals surface area contributed by atoms with Crippen LogP contribution in [0.15, 0.2) is 47.3 Å². The van der Waals surface area contributed by atoms with Gasteiger partial charge in [0.2, 0.25) is 0 Å². The lowest BCUT2D eigenvalue weighted by atomic mass is 10.2. The summed E-state index contributed by atoms with van der Waals surface area (Å²) in [4.78, 5) is 29.7. The molecule has 0 unspecified atom stereocenters. The molecule has 7 heteroatoms. The third kappa shape index (κ3) is 4.23. The lowest BCUT2D eigenvalue weighted by molar-refractivity contribution is -0.118. The van der Waals surface area contributed by atoms with Crippen LogP contribution < -0.4 is 20.3 Å². The number of amides is 1. The minimum absolute atomic E-state index is 0.0433. The van der Waals surface area contributed by atoms with Crippen molar-refractivity contribution >= 4 is 22.5 Å². The van der Waals surface area contributed by atoms with E-state index in [-0.39, 0.29) is 18.1 Å². The molecule has 7 nitrogen and oxygen atoms in total. The number of benzene rings is 2. The number of fused-ring (bicyclic) bond motifs is 2. The Balaban J connectivity index is 1.49. The first-order valence-electron chi connectivity index (χ1n) is 9.74. The van der Waals surface area contributed by atoms with Crippen LogP contribution in [-0.4, -0.2) is 29.2 Å². The minimum Gasteiger partial charge on any atom is -0.497 e. The third-order valence-electron chi connectivity index (χ3n) is 5.01. The van der Waals surface area contributed by atoms with Crippen LogP contribution in [0.3, 0.4) is 0 Å². The number of ether oxygens (including phenoxy) is 2. The van der Waals surface area contributed by atoms with Gasteiger partial charge in [-0.15, -0.1) is 0 Å². The van der Waals surface area contributed by atoms with Crippen molar-refractivity contribution in [3.63, 3.8) is 0 Å². The van der Waals surface area contributed by atoms with Crippen molar-refractivity contribution in [2.75, 3.05) is 19.0 Å². The summed E-state index contributed by atoms with van der Waals surface area (Å²) in [6, 6.07) is 12.3. The number of nitrogens with zero attached hydrogens (tertiary/aromatic N) is 2. The van der Waals surface area contributed by atoms with Crippen LogP contribution >= 0.6 is 0 Å². The second-order valence-electron chi connectivity index (χ2n) is 7.04. The predicted octanol–water partition coefficient (Wildman–Crippen LogP) is 3.15. The molecule has 0 spiro atoms. The van der Waals surface area contributed by atoms with Crippen LogP contribution in [0.5, 0.6) is 11.5 Å². The molecule has 0 bridgehead atoms. The lowest BCUT2D eigenvalue weighted by Crippen LogP contribution is -2.24. The molecular weight excluding hydrogens is 370 g/mol. The molecule has 1 aliphatic heterocycles. The van der Waals surface area contributed by atoms with E-state index in [2.05, 4.69) is 10.3 Å². The van der Waals surface area contributed by atoms with Gasteiger partial charge in [-0.1, -0.05) is 12.5 Å². The summed E-state index contributed by atoms with van der Waals surface area (Å²) in [5.74, 6) is 1.68. The summed E-state index contributed by atoms with van der Waals surface area (Å²) >= 11 is 0. The molecule has 4 rings (SSSR count). The fourth-order valence-electron chi connectivity index (χ4n) is 3.53. The van der Waals surface area contributed by atoms with Crippen molar-refractivity contribution in [2.24, 2.45) is 0 Å². The first-order chi connectivity index (χ1) is 14.1. The lowest BCUT2D eigenvalue weighted by Gasteiger charge is -2.12. The number of anilines is 1. The first-order valence-corrected chi connectivity index (χ1v) is 9.74. The molecule has 1 N–H and O–H groups in total. The Bertz CT molecular complexity index is 1110. The maximum Gasteiger partial charge on any atom is 0.262 e. The minimum atomic E-state index is -0.296.